The Hall–Kier alpha value is -1.97. The number of carbonyl (C=O) groups is 1. The van der Waals surface area contributed by atoms with E-state index in [1.54, 1.807) is 0 Å². The van der Waals surface area contributed by atoms with E-state index in [4.69, 9.17) is 5.11 Å². The number of hydrogen-bond acceptors (Lipinski definition) is 2. The number of nitrogens with one attached hydrogen (secondary N) is 1. The molecule has 0 saturated carbocycles. The lowest BCUT2D eigenvalue weighted by molar-refractivity contribution is -0.138. The Morgan fingerprint density at radius 2 is 1.92 bits per heavy atom. The molecule has 0 unspecified atom stereocenters. The maximum atomic E-state index is 13.0. The molecule has 2 N–H and O–H groups in total. The lowest BCUT2D eigenvalue weighted by Crippen LogP contribution is -2.39. The van der Waals surface area contributed by atoms with Gasteiger partial charge in [-0.25, -0.2) is 9.59 Å². The van der Waals surface area contributed by atoms with Gasteiger partial charge in [-0.3, -0.25) is 4.57 Å². The molecule has 1 fully saturated rings. The molecule has 24 heavy (non-hydrogen) atoms. The molecule has 1 aliphatic rings. The number of hydrogen-bond donors (Lipinski definition) is 2. The molecular weight excluding hydrogens is 395 g/mol. The number of alkyl halides is 3. The summed E-state index contributed by atoms with van der Waals surface area (Å²) in [5.41, 5.74) is -0.876. The summed E-state index contributed by atoms with van der Waals surface area (Å²) in [6.45, 7) is 0.557. The van der Waals surface area contributed by atoms with Crippen LogP contribution in [-0.4, -0.2) is 38.7 Å². The molecule has 0 spiro atoms. The number of likely N-dealkylation sites (tertiary alicyclic amines) is 1. The van der Waals surface area contributed by atoms with Crippen LogP contribution in [0.5, 0.6) is 0 Å². The molecule has 1 amide bonds. The van der Waals surface area contributed by atoms with Crippen molar-refractivity contribution in [1.82, 2.24) is 14.5 Å². The van der Waals surface area contributed by atoms with Gasteiger partial charge < -0.3 is 15.0 Å². The monoisotopic (exact) mass is 407 g/mol. The predicted molar refractivity (Wildman–Crippen MR) is 83.1 cm³/mol. The van der Waals surface area contributed by atoms with Gasteiger partial charge in [0.2, 0.25) is 0 Å². The van der Waals surface area contributed by atoms with Crippen molar-refractivity contribution in [2.75, 3.05) is 13.1 Å². The minimum absolute atomic E-state index is 0.108. The number of benzene rings is 1. The maximum Gasteiger partial charge on any atom is 0.417 e. The number of aromatic amines is 1. The number of amides is 1. The van der Waals surface area contributed by atoms with Gasteiger partial charge in [0, 0.05) is 23.6 Å². The van der Waals surface area contributed by atoms with E-state index in [-0.39, 0.29) is 29.1 Å². The van der Waals surface area contributed by atoms with E-state index in [9.17, 15) is 22.8 Å². The van der Waals surface area contributed by atoms with E-state index in [1.807, 2.05) is 0 Å². The quantitative estimate of drug-likeness (QED) is 0.759. The van der Waals surface area contributed by atoms with Gasteiger partial charge in [0.25, 0.3) is 0 Å². The van der Waals surface area contributed by atoms with Gasteiger partial charge in [-0.05, 0) is 25.0 Å². The molecule has 0 atom stereocenters. The Morgan fingerprint density at radius 3 is 2.46 bits per heavy atom. The highest BCUT2D eigenvalue weighted by molar-refractivity contribution is 9.10. The van der Waals surface area contributed by atoms with Gasteiger partial charge in [0.1, 0.15) is 0 Å². The molecule has 130 valence electrons. The summed E-state index contributed by atoms with van der Waals surface area (Å²) in [5, 5.41) is 8.96. The normalized spacial score (nSPS) is 16.8. The topological polar surface area (TPSA) is 78.3 Å². The third-order valence-corrected chi connectivity index (χ3v) is 4.87. The average molecular weight is 408 g/mol. The number of rotatable bonds is 1. The molecule has 0 bridgehead atoms. The average Bonchev–Trinajstić information content (AvgIpc) is 2.80. The lowest BCUT2D eigenvalue weighted by Gasteiger charge is -2.30. The van der Waals surface area contributed by atoms with Crippen LogP contribution in [0.25, 0.3) is 11.0 Å². The minimum atomic E-state index is -4.53. The van der Waals surface area contributed by atoms with E-state index >= 15 is 0 Å². The van der Waals surface area contributed by atoms with Crippen LogP contribution in [0.3, 0.4) is 0 Å². The fraction of sp³-hybridized carbons (Fsp3) is 0.429. The van der Waals surface area contributed by atoms with Crippen molar-refractivity contribution in [3.8, 4) is 0 Å². The molecule has 0 radical (unpaired) electrons. The first-order valence-electron chi connectivity index (χ1n) is 7.17. The van der Waals surface area contributed by atoms with E-state index in [2.05, 4.69) is 20.9 Å². The zero-order chi connectivity index (χ0) is 17.6. The van der Waals surface area contributed by atoms with Gasteiger partial charge in [-0.15, -0.1) is 0 Å². The Bertz CT molecular complexity index is 851. The number of imidazole rings is 1. The van der Waals surface area contributed by atoms with Crippen molar-refractivity contribution in [1.29, 1.82) is 0 Å². The lowest BCUT2D eigenvalue weighted by atomic mass is 10.0. The molecule has 2 heterocycles. The van der Waals surface area contributed by atoms with Crippen LogP contribution in [0.4, 0.5) is 18.0 Å². The van der Waals surface area contributed by atoms with Crippen LogP contribution < -0.4 is 5.69 Å². The van der Waals surface area contributed by atoms with Gasteiger partial charge in [0.15, 0.2) is 0 Å². The number of piperidine rings is 1. The van der Waals surface area contributed by atoms with E-state index in [0.717, 1.165) is 6.07 Å². The summed E-state index contributed by atoms with van der Waals surface area (Å²) in [7, 11) is 0. The zero-order valence-corrected chi connectivity index (χ0v) is 13.8. The highest BCUT2D eigenvalue weighted by atomic mass is 79.9. The van der Waals surface area contributed by atoms with Crippen LogP contribution in [0, 0.1) is 0 Å². The standard InChI is InChI=1S/C14H13BrF3N3O3/c15-9-6-11-10(5-8(9)14(16,17)18)19-12(22)21(11)7-1-3-20(4-2-7)13(23)24/h5-7H,1-4H2,(H,19,22)(H,23,24). The first-order valence-corrected chi connectivity index (χ1v) is 7.96. The Labute approximate surface area is 142 Å². The third-order valence-electron chi connectivity index (χ3n) is 4.21. The van der Waals surface area contributed by atoms with Crippen molar-refractivity contribution < 1.29 is 23.1 Å². The van der Waals surface area contributed by atoms with Gasteiger partial charge in [-0.2, -0.15) is 13.2 Å². The van der Waals surface area contributed by atoms with Gasteiger partial charge in [0.05, 0.1) is 16.6 Å². The number of H-pyrrole nitrogens is 1. The Kier molecular flexibility index (Phi) is 4.10. The number of halogens is 4. The van der Waals surface area contributed by atoms with E-state index in [1.165, 1.54) is 15.5 Å². The zero-order valence-electron chi connectivity index (χ0n) is 12.2. The van der Waals surface area contributed by atoms with Crippen LogP contribution in [0.1, 0.15) is 24.4 Å². The summed E-state index contributed by atoms with van der Waals surface area (Å²) in [6.07, 6.45) is -4.69. The molecule has 3 rings (SSSR count). The second-order valence-electron chi connectivity index (χ2n) is 5.65. The van der Waals surface area contributed by atoms with Crippen LogP contribution in [0.2, 0.25) is 0 Å². The highest BCUT2D eigenvalue weighted by Crippen LogP contribution is 2.37. The highest BCUT2D eigenvalue weighted by Gasteiger charge is 2.34. The summed E-state index contributed by atoms with van der Waals surface area (Å²) < 4.78 is 40.2. The molecule has 1 aromatic heterocycles. The summed E-state index contributed by atoms with van der Waals surface area (Å²) in [5.74, 6) is 0. The summed E-state index contributed by atoms with van der Waals surface area (Å²) in [4.78, 5) is 26.9. The van der Waals surface area contributed by atoms with Crippen LogP contribution >= 0.6 is 15.9 Å². The molecule has 10 heteroatoms. The molecule has 1 aliphatic heterocycles. The van der Waals surface area contributed by atoms with Crippen LogP contribution in [-0.2, 0) is 6.18 Å². The number of nitrogens with zero attached hydrogens (tertiary/aromatic N) is 2. The number of carboxylic acid groups (broad SMARTS) is 1. The molecule has 1 aromatic carbocycles. The first-order chi connectivity index (χ1) is 11.2. The first kappa shape index (κ1) is 16.9. The SMILES string of the molecule is O=C(O)N1CCC(n2c(=O)[nH]c3cc(C(F)(F)F)c(Br)cc32)CC1. The Morgan fingerprint density at radius 1 is 1.29 bits per heavy atom. The fourth-order valence-corrected chi connectivity index (χ4v) is 3.60. The second kappa shape index (κ2) is 5.83. The number of aromatic nitrogens is 2. The molecular formula is C14H13BrF3N3O3. The molecule has 0 aliphatic carbocycles. The largest absolute Gasteiger partial charge is 0.465 e. The third kappa shape index (κ3) is 2.90. The van der Waals surface area contributed by atoms with E-state index < -0.39 is 23.5 Å². The predicted octanol–water partition coefficient (Wildman–Crippen LogP) is 3.43. The fourth-order valence-electron chi connectivity index (χ4n) is 3.04. The van der Waals surface area contributed by atoms with Crippen molar-refractivity contribution in [3.05, 3.63) is 32.7 Å². The number of fused-ring (bicyclic) bond motifs is 1. The maximum absolute atomic E-state index is 13.0. The second-order valence-corrected chi connectivity index (χ2v) is 6.50. The Balaban J connectivity index is 2.01. The summed E-state index contributed by atoms with van der Waals surface area (Å²) in [6, 6.07) is 1.93. The van der Waals surface area contributed by atoms with Crippen molar-refractivity contribution in [2.45, 2.75) is 25.1 Å². The van der Waals surface area contributed by atoms with Crippen LogP contribution in [0.15, 0.2) is 21.4 Å². The van der Waals surface area contributed by atoms with Crippen molar-refractivity contribution >= 4 is 33.1 Å². The molecule has 2 aromatic rings. The molecule has 1 saturated heterocycles. The smallest absolute Gasteiger partial charge is 0.417 e. The molecule has 6 nitrogen and oxygen atoms in total. The minimum Gasteiger partial charge on any atom is -0.465 e. The van der Waals surface area contributed by atoms with Gasteiger partial charge in [-0.1, -0.05) is 15.9 Å². The van der Waals surface area contributed by atoms with Crippen molar-refractivity contribution in [2.24, 2.45) is 0 Å². The van der Waals surface area contributed by atoms with E-state index in [0.29, 0.717) is 18.4 Å². The van der Waals surface area contributed by atoms with Gasteiger partial charge >= 0.3 is 18.0 Å². The summed E-state index contributed by atoms with van der Waals surface area (Å²) >= 11 is 2.91. The van der Waals surface area contributed by atoms with Crippen molar-refractivity contribution in [3.63, 3.8) is 0 Å².